The topological polar surface area (TPSA) is 40.5 Å². The highest BCUT2D eigenvalue weighted by Gasteiger charge is 2.00. The molecule has 1 aromatic rings. The number of aliphatic hydroxyl groups is 1. The highest BCUT2D eigenvalue weighted by Crippen LogP contribution is 2.21. The van der Waals surface area contributed by atoms with Crippen LogP contribution >= 0.6 is 0 Å². The monoisotopic (exact) mass is 200 g/mol. The van der Waals surface area contributed by atoms with Crippen LogP contribution in [0.5, 0.6) is 5.75 Å². The van der Waals surface area contributed by atoms with E-state index in [-0.39, 0.29) is 5.75 Å². The Morgan fingerprint density at radius 3 is 2.33 bits per heavy atom. The number of hydrogen-bond acceptors (Lipinski definition) is 2. The van der Waals surface area contributed by atoms with Crippen LogP contribution in [0.4, 0.5) is 0 Å². The number of allylic oxidation sites excluding steroid dienone is 5. The summed E-state index contributed by atoms with van der Waals surface area (Å²) in [6.07, 6.45) is 8.04. The molecule has 0 heterocycles. The lowest BCUT2D eigenvalue weighted by Crippen LogP contribution is -1.79. The number of phenolic OH excluding ortho intramolecular Hbond substituents is 1. The number of aliphatic hydroxyl groups excluding tert-OH is 1. The van der Waals surface area contributed by atoms with Crippen molar-refractivity contribution in [1.82, 2.24) is 0 Å². The molecule has 1 aromatic carbocycles. The molecule has 2 N–H and O–H groups in total. The van der Waals surface area contributed by atoms with E-state index in [4.69, 9.17) is 5.11 Å². The molecule has 76 valence electrons. The summed E-state index contributed by atoms with van der Waals surface area (Å²) in [4.78, 5) is 0. The first-order valence-corrected chi connectivity index (χ1v) is 4.82. The largest absolute Gasteiger partial charge is 0.508 e. The lowest BCUT2D eigenvalue weighted by Gasteiger charge is -2.01. The van der Waals surface area contributed by atoms with Gasteiger partial charge in [-0.1, -0.05) is 24.3 Å². The van der Waals surface area contributed by atoms with Gasteiger partial charge in [0.25, 0.3) is 0 Å². The van der Waals surface area contributed by atoms with Crippen LogP contribution in [0.3, 0.4) is 0 Å². The molecule has 0 amide bonds. The highest BCUT2D eigenvalue weighted by molar-refractivity contribution is 5.75. The van der Waals surface area contributed by atoms with Crippen molar-refractivity contribution in [1.29, 1.82) is 0 Å². The minimum absolute atomic E-state index is 0.262. The Bertz CT molecular complexity index is 436. The van der Waals surface area contributed by atoms with Crippen molar-refractivity contribution in [3.8, 4) is 5.75 Å². The van der Waals surface area contributed by atoms with E-state index >= 15 is 0 Å². The highest BCUT2D eigenvalue weighted by atomic mass is 16.3. The van der Waals surface area contributed by atoms with Gasteiger partial charge >= 0.3 is 0 Å². The zero-order chi connectivity index (χ0) is 10.7. The number of rotatable bonds is 1. The molecule has 0 saturated heterocycles. The molecule has 0 fully saturated rings. The van der Waals surface area contributed by atoms with Gasteiger partial charge in [0, 0.05) is 0 Å². The maximum Gasteiger partial charge on any atom is 0.115 e. The smallest absolute Gasteiger partial charge is 0.115 e. The van der Waals surface area contributed by atoms with Crippen molar-refractivity contribution >= 4 is 5.57 Å². The molecule has 0 aromatic heterocycles. The lowest BCUT2D eigenvalue weighted by molar-refractivity contribution is 0.431. The fraction of sp³-hybridized carbons (Fsp3) is 0.0769. The van der Waals surface area contributed by atoms with Crippen molar-refractivity contribution in [2.24, 2.45) is 0 Å². The van der Waals surface area contributed by atoms with Gasteiger partial charge in [-0.3, -0.25) is 0 Å². The molecular weight excluding hydrogens is 188 g/mol. The quantitative estimate of drug-likeness (QED) is 0.731. The third kappa shape index (κ3) is 2.29. The number of benzene rings is 1. The average molecular weight is 200 g/mol. The van der Waals surface area contributed by atoms with E-state index in [1.54, 1.807) is 24.3 Å². The summed E-state index contributed by atoms with van der Waals surface area (Å²) < 4.78 is 0. The Hall–Kier alpha value is -1.96. The van der Waals surface area contributed by atoms with Gasteiger partial charge < -0.3 is 10.2 Å². The standard InChI is InChI=1S/C13H12O2/c14-12-3-1-2-10(4-7-12)11-5-8-13(15)9-6-11/h2-9,14-15H,1H2. The SMILES string of the molecule is OC1=CCC=C(c2ccc(O)cc2)C=C1. The fourth-order valence-corrected chi connectivity index (χ4v) is 1.49. The molecule has 0 radical (unpaired) electrons. The van der Waals surface area contributed by atoms with Crippen LogP contribution in [0.25, 0.3) is 5.57 Å². The van der Waals surface area contributed by atoms with E-state index in [0.29, 0.717) is 5.76 Å². The van der Waals surface area contributed by atoms with Gasteiger partial charge in [0.2, 0.25) is 0 Å². The predicted molar refractivity (Wildman–Crippen MR) is 60.6 cm³/mol. The molecule has 2 rings (SSSR count). The van der Waals surface area contributed by atoms with Crippen molar-refractivity contribution < 1.29 is 10.2 Å². The zero-order valence-corrected chi connectivity index (χ0v) is 8.22. The summed E-state index contributed by atoms with van der Waals surface area (Å²) in [5.41, 5.74) is 2.09. The molecule has 0 bridgehead atoms. The molecule has 2 heteroatoms. The Labute approximate surface area is 88.5 Å². The van der Waals surface area contributed by atoms with Crippen LogP contribution in [0.15, 0.2) is 54.3 Å². The first-order chi connectivity index (χ1) is 7.25. The van der Waals surface area contributed by atoms with E-state index in [1.165, 1.54) is 0 Å². The third-order valence-electron chi connectivity index (χ3n) is 2.30. The van der Waals surface area contributed by atoms with Gasteiger partial charge in [-0.05, 0) is 41.8 Å². The Morgan fingerprint density at radius 1 is 0.867 bits per heavy atom. The average Bonchev–Trinajstić information content (AvgIpc) is 2.44. The second-order valence-corrected chi connectivity index (χ2v) is 3.40. The van der Waals surface area contributed by atoms with Gasteiger partial charge in [0.05, 0.1) is 0 Å². The molecular formula is C13H12O2. The third-order valence-corrected chi connectivity index (χ3v) is 2.30. The van der Waals surface area contributed by atoms with E-state index in [2.05, 4.69) is 0 Å². The maximum absolute atomic E-state index is 9.30. The number of hydrogen-bond donors (Lipinski definition) is 2. The molecule has 0 atom stereocenters. The maximum atomic E-state index is 9.30. The summed E-state index contributed by atoms with van der Waals surface area (Å²) in [6.45, 7) is 0. The van der Waals surface area contributed by atoms with Crippen molar-refractivity contribution in [2.75, 3.05) is 0 Å². The fourth-order valence-electron chi connectivity index (χ4n) is 1.49. The van der Waals surface area contributed by atoms with E-state index in [0.717, 1.165) is 17.6 Å². The van der Waals surface area contributed by atoms with Crippen LogP contribution < -0.4 is 0 Å². The number of aromatic hydroxyl groups is 1. The van der Waals surface area contributed by atoms with Crippen LogP contribution in [-0.2, 0) is 0 Å². The van der Waals surface area contributed by atoms with Gasteiger partial charge in [-0.15, -0.1) is 0 Å². The predicted octanol–water partition coefficient (Wildman–Crippen LogP) is 3.18. The van der Waals surface area contributed by atoms with Crippen LogP contribution in [0.1, 0.15) is 12.0 Å². The van der Waals surface area contributed by atoms with Gasteiger partial charge in [0.1, 0.15) is 11.5 Å². The molecule has 0 saturated carbocycles. The van der Waals surface area contributed by atoms with Crippen LogP contribution in [0, 0.1) is 0 Å². The minimum atomic E-state index is 0.262. The first-order valence-electron chi connectivity index (χ1n) is 4.82. The normalized spacial score (nSPS) is 15.5. The molecule has 2 nitrogen and oxygen atoms in total. The minimum Gasteiger partial charge on any atom is -0.508 e. The molecule has 1 aliphatic carbocycles. The van der Waals surface area contributed by atoms with Crippen molar-refractivity contribution in [2.45, 2.75) is 6.42 Å². The van der Waals surface area contributed by atoms with E-state index in [1.807, 2.05) is 24.3 Å². The lowest BCUT2D eigenvalue weighted by atomic mass is 10.0. The summed E-state index contributed by atoms with van der Waals surface area (Å²) in [6, 6.07) is 7.02. The van der Waals surface area contributed by atoms with E-state index in [9.17, 15) is 5.11 Å². The molecule has 0 spiro atoms. The molecule has 1 aliphatic rings. The van der Waals surface area contributed by atoms with Crippen molar-refractivity contribution in [3.63, 3.8) is 0 Å². The summed E-state index contributed by atoms with van der Waals surface area (Å²) in [5.74, 6) is 0.554. The summed E-state index contributed by atoms with van der Waals surface area (Å²) in [7, 11) is 0. The van der Waals surface area contributed by atoms with E-state index < -0.39 is 0 Å². The second kappa shape index (κ2) is 4.05. The van der Waals surface area contributed by atoms with Gasteiger partial charge in [0.15, 0.2) is 0 Å². The second-order valence-electron chi connectivity index (χ2n) is 3.40. The van der Waals surface area contributed by atoms with Gasteiger partial charge in [-0.2, -0.15) is 0 Å². The van der Waals surface area contributed by atoms with Crippen LogP contribution in [0.2, 0.25) is 0 Å². The summed E-state index contributed by atoms with van der Waals surface area (Å²) in [5, 5.41) is 18.5. The van der Waals surface area contributed by atoms with Gasteiger partial charge in [-0.25, -0.2) is 0 Å². The molecule has 0 unspecified atom stereocenters. The Balaban J connectivity index is 2.29. The molecule has 0 aliphatic heterocycles. The van der Waals surface area contributed by atoms with Crippen molar-refractivity contribution in [3.05, 3.63) is 59.9 Å². The molecule has 15 heavy (non-hydrogen) atoms. The summed E-state index contributed by atoms with van der Waals surface area (Å²) >= 11 is 0. The van der Waals surface area contributed by atoms with Crippen LogP contribution in [-0.4, -0.2) is 10.2 Å². The Morgan fingerprint density at radius 2 is 1.60 bits per heavy atom. The zero-order valence-electron chi connectivity index (χ0n) is 8.22. The number of phenols is 1. The first kappa shape index (κ1) is 9.59. The Kier molecular flexibility index (Phi) is 2.59.